The highest BCUT2D eigenvalue weighted by Crippen LogP contribution is 2.39. The first kappa shape index (κ1) is 35.4. The minimum atomic E-state index is -1.41. The Balaban J connectivity index is 1.81. The number of ether oxygens (including phenoxy) is 4. The van der Waals surface area contributed by atoms with E-state index in [4.69, 9.17) is 18.9 Å². The third-order valence-corrected chi connectivity index (χ3v) is 9.21. The van der Waals surface area contributed by atoms with Gasteiger partial charge in [-0.25, -0.2) is 0 Å². The minimum Gasteiger partial charge on any atom is -0.457 e. The van der Waals surface area contributed by atoms with Crippen LogP contribution in [0.25, 0.3) is 0 Å². The number of aliphatic hydroxyl groups is 2. The average molecular weight is 607 g/mol. The van der Waals surface area contributed by atoms with E-state index in [9.17, 15) is 19.8 Å². The molecule has 2 unspecified atom stereocenters. The van der Waals surface area contributed by atoms with Crippen molar-refractivity contribution in [2.75, 3.05) is 20.2 Å². The Bertz CT molecular complexity index is 1040. The van der Waals surface area contributed by atoms with Crippen LogP contribution < -0.4 is 10.6 Å². The summed E-state index contributed by atoms with van der Waals surface area (Å²) < 4.78 is 23.2. The van der Waals surface area contributed by atoms with E-state index in [-0.39, 0.29) is 61.0 Å². The van der Waals surface area contributed by atoms with Crippen molar-refractivity contribution >= 4 is 11.9 Å². The molecule has 0 aromatic heterocycles. The van der Waals surface area contributed by atoms with Gasteiger partial charge in [-0.05, 0) is 51.7 Å². The van der Waals surface area contributed by atoms with E-state index in [2.05, 4.69) is 37.5 Å². The largest absolute Gasteiger partial charge is 0.457 e. The summed E-state index contributed by atoms with van der Waals surface area (Å²) in [6.07, 6.45) is 8.36. The molecule has 0 amide bonds. The van der Waals surface area contributed by atoms with Crippen molar-refractivity contribution in [1.29, 1.82) is 0 Å². The van der Waals surface area contributed by atoms with Gasteiger partial charge in [-0.15, -0.1) is 0 Å². The molecule has 0 spiro atoms. The summed E-state index contributed by atoms with van der Waals surface area (Å²) in [5.41, 5.74) is -0.969. The first-order chi connectivity index (χ1) is 20.2. The summed E-state index contributed by atoms with van der Waals surface area (Å²) in [4.78, 5) is 24.6. The maximum absolute atomic E-state index is 12.8. The molecule has 3 aliphatic rings. The lowest BCUT2D eigenvalue weighted by atomic mass is 9.83. The zero-order valence-corrected chi connectivity index (χ0v) is 27.2. The van der Waals surface area contributed by atoms with Gasteiger partial charge < -0.3 is 39.8 Å². The standard InChI is InChI=1S/C33H54N2O8/c1-9-25(40-8)22(4)29-30(43-29)31-32(6,35-18-17-34-31)15-10-11-20(2)28-21(3)12-13-26(41-23(5)36)33(7,39)16-14-24(37)19-27(38)42-28/h10-13,15,21-22,24-26,28-31,34-35,37,39H,9,14,16-19H2,1-8H3/b13-12+,15-10+,20-11+/t21-,22+,24+,25-,26-,28+,29+,30-,31?,32?,33+/m0/s1. The maximum atomic E-state index is 12.8. The summed E-state index contributed by atoms with van der Waals surface area (Å²) in [5, 5.41) is 28.8. The van der Waals surface area contributed by atoms with Crippen LogP contribution in [0.3, 0.4) is 0 Å². The number of rotatable bonds is 9. The monoisotopic (exact) mass is 606 g/mol. The average Bonchev–Trinajstić information content (AvgIpc) is 3.73. The van der Waals surface area contributed by atoms with Crippen molar-refractivity contribution in [2.45, 2.75) is 128 Å². The molecule has 4 N–H and O–H groups in total. The smallest absolute Gasteiger partial charge is 0.309 e. The Morgan fingerprint density at radius 2 is 1.98 bits per heavy atom. The fraction of sp³-hybridized carbons (Fsp3) is 0.758. The summed E-state index contributed by atoms with van der Waals surface area (Å²) in [6, 6.07) is 0.0709. The minimum absolute atomic E-state index is 0.0675. The number of esters is 2. The van der Waals surface area contributed by atoms with Gasteiger partial charge in [0, 0.05) is 39.0 Å². The molecule has 0 aromatic carbocycles. The van der Waals surface area contributed by atoms with E-state index in [1.165, 1.54) is 6.92 Å². The Morgan fingerprint density at radius 3 is 2.63 bits per heavy atom. The number of methoxy groups -OCH3 is 1. The number of aliphatic hydroxyl groups excluding tert-OH is 1. The van der Waals surface area contributed by atoms with E-state index >= 15 is 0 Å². The predicted molar refractivity (Wildman–Crippen MR) is 164 cm³/mol. The predicted octanol–water partition coefficient (Wildman–Crippen LogP) is 2.97. The molecule has 0 radical (unpaired) electrons. The summed E-state index contributed by atoms with van der Waals surface area (Å²) in [7, 11) is 1.75. The Labute approximate surface area is 257 Å². The second kappa shape index (κ2) is 15.3. The van der Waals surface area contributed by atoms with Crippen LogP contribution in [0.5, 0.6) is 0 Å². The lowest BCUT2D eigenvalue weighted by Crippen LogP contribution is -2.65. The number of carbonyl (C=O) groups is 2. The first-order valence-corrected chi connectivity index (χ1v) is 15.7. The fourth-order valence-corrected chi connectivity index (χ4v) is 6.42. The van der Waals surface area contributed by atoms with Gasteiger partial charge in [0.1, 0.15) is 23.9 Å². The molecular weight excluding hydrogens is 552 g/mol. The normalized spacial score (nSPS) is 40.1. The zero-order valence-electron chi connectivity index (χ0n) is 27.2. The molecule has 10 nitrogen and oxygen atoms in total. The van der Waals surface area contributed by atoms with Crippen molar-refractivity contribution in [3.05, 3.63) is 36.0 Å². The van der Waals surface area contributed by atoms with Crippen LogP contribution in [0.1, 0.15) is 74.1 Å². The molecule has 43 heavy (non-hydrogen) atoms. The molecule has 3 aliphatic heterocycles. The van der Waals surface area contributed by atoms with Crippen molar-refractivity contribution < 1.29 is 38.7 Å². The molecule has 10 heteroatoms. The lowest BCUT2D eigenvalue weighted by molar-refractivity contribution is -0.157. The SMILES string of the molecule is CC[C@H](OC)[C@@H](C)[C@H]1O[C@@H]1C1NCCNC1(C)/C=C/C=C(\C)[C@H]1OC(=O)C[C@H](O)CC[C@@](C)(O)[C@@H](OC(C)=O)/C=C/[C@@H]1C. The third kappa shape index (κ3) is 9.45. The number of cyclic esters (lactones) is 1. The molecule has 0 aliphatic carbocycles. The van der Waals surface area contributed by atoms with Gasteiger partial charge in [0.15, 0.2) is 0 Å². The van der Waals surface area contributed by atoms with Gasteiger partial charge in [-0.2, -0.15) is 0 Å². The Hall–Kier alpha value is -2.08. The van der Waals surface area contributed by atoms with Gasteiger partial charge in [0.25, 0.3) is 0 Å². The molecular formula is C33H54N2O8. The second-order valence-electron chi connectivity index (χ2n) is 13.0. The molecule has 2 fully saturated rings. The molecule has 2 saturated heterocycles. The van der Waals surface area contributed by atoms with Crippen molar-refractivity contribution in [3.63, 3.8) is 0 Å². The second-order valence-corrected chi connectivity index (χ2v) is 13.0. The lowest BCUT2D eigenvalue weighted by Gasteiger charge is -2.41. The summed E-state index contributed by atoms with van der Waals surface area (Å²) >= 11 is 0. The number of hydrogen-bond acceptors (Lipinski definition) is 10. The molecule has 0 aromatic rings. The molecule has 11 atom stereocenters. The van der Waals surface area contributed by atoms with E-state index in [0.29, 0.717) is 0 Å². The highest BCUT2D eigenvalue weighted by Gasteiger charge is 2.55. The van der Waals surface area contributed by atoms with Crippen LogP contribution in [-0.4, -0.2) is 96.2 Å². The molecule has 0 saturated carbocycles. The van der Waals surface area contributed by atoms with E-state index in [1.54, 1.807) is 26.2 Å². The van der Waals surface area contributed by atoms with Gasteiger partial charge in [0.2, 0.25) is 0 Å². The number of nitrogens with one attached hydrogen (secondary N) is 2. The number of carbonyl (C=O) groups excluding carboxylic acids is 2. The van der Waals surface area contributed by atoms with Gasteiger partial charge in [-0.3, -0.25) is 9.59 Å². The zero-order chi connectivity index (χ0) is 31.9. The molecule has 3 heterocycles. The van der Waals surface area contributed by atoms with Gasteiger partial charge in [-0.1, -0.05) is 45.1 Å². The number of piperazine rings is 1. The summed E-state index contributed by atoms with van der Waals surface area (Å²) in [5.74, 6) is -1.04. The van der Waals surface area contributed by atoms with E-state index in [1.807, 2.05) is 26.0 Å². The molecule has 0 bridgehead atoms. The number of epoxide rings is 1. The third-order valence-electron chi connectivity index (χ3n) is 9.21. The van der Waals surface area contributed by atoms with Crippen LogP contribution in [-0.2, 0) is 28.5 Å². The van der Waals surface area contributed by atoms with Crippen LogP contribution in [0, 0.1) is 11.8 Å². The topological polar surface area (TPSA) is 139 Å². The fourth-order valence-electron chi connectivity index (χ4n) is 6.42. The van der Waals surface area contributed by atoms with Gasteiger partial charge in [0.05, 0.1) is 36.3 Å². The molecule has 244 valence electrons. The van der Waals surface area contributed by atoms with Crippen molar-refractivity contribution in [3.8, 4) is 0 Å². The van der Waals surface area contributed by atoms with E-state index < -0.39 is 35.9 Å². The first-order valence-electron chi connectivity index (χ1n) is 15.7. The van der Waals surface area contributed by atoms with Crippen molar-refractivity contribution in [1.82, 2.24) is 10.6 Å². The number of hydrogen-bond donors (Lipinski definition) is 4. The summed E-state index contributed by atoms with van der Waals surface area (Å²) in [6.45, 7) is 14.8. The van der Waals surface area contributed by atoms with Gasteiger partial charge >= 0.3 is 11.9 Å². The van der Waals surface area contributed by atoms with E-state index in [0.717, 1.165) is 25.1 Å². The highest BCUT2D eigenvalue weighted by molar-refractivity contribution is 5.70. The van der Waals surface area contributed by atoms with Crippen LogP contribution in [0.2, 0.25) is 0 Å². The van der Waals surface area contributed by atoms with Crippen molar-refractivity contribution in [2.24, 2.45) is 11.8 Å². The highest BCUT2D eigenvalue weighted by atomic mass is 16.6. The Morgan fingerprint density at radius 1 is 1.26 bits per heavy atom. The van der Waals surface area contributed by atoms with Crippen LogP contribution >= 0.6 is 0 Å². The maximum Gasteiger partial charge on any atom is 0.309 e. The Kier molecular flexibility index (Phi) is 12.6. The molecule has 3 rings (SSSR count). The van der Waals surface area contributed by atoms with Crippen LogP contribution in [0.15, 0.2) is 36.0 Å². The van der Waals surface area contributed by atoms with Crippen LogP contribution in [0.4, 0.5) is 0 Å². The number of allylic oxidation sites excluding steroid dienone is 2. The quantitative estimate of drug-likeness (QED) is 0.134.